The number of guanidine groups is 2. The number of aliphatic imine (C=N–C) groups is 2. The first-order valence-electron chi connectivity index (χ1n) is 25.6. The number of nitriles is 1. The number of nitrogens with zero attached hydrogens (tertiary/aromatic N) is 4. The maximum absolute atomic E-state index is 14.8. The number of amides is 9. The summed E-state index contributed by atoms with van der Waals surface area (Å²) >= 11 is 0. The molecule has 79 heavy (non-hydrogen) atoms. The fourth-order valence-corrected chi connectivity index (χ4v) is 8.59. The van der Waals surface area contributed by atoms with E-state index >= 15 is 0 Å². The molecule has 2 aromatic heterocycles. The Balaban J connectivity index is 1.56. The maximum atomic E-state index is 14.8. The van der Waals surface area contributed by atoms with Gasteiger partial charge in [-0.2, -0.15) is 5.26 Å². The Labute approximate surface area is 454 Å². The van der Waals surface area contributed by atoms with E-state index in [0.29, 0.717) is 22.4 Å². The van der Waals surface area contributed by atoms with Crippen molar-refractivity contribution >= 4 is 76.0 Å². The highest BCUT2D eigenvalue weighted by molar-refractivity contribution is 5.98. The number of aromatic amines is 2. The van der Waals surface area contributed by atoms with Crippen LogP contribution in [-0.2, 0) is 62.4 Å². The topological polar surface area (TPSA) is 473 Å². The lowest BCUT2D eigenvalue weighted by Crippen LogP contribution is -2.60. The van der Waals surface area contributed by atoms with Crippen molar-refractivity contribution in [2.24, 2.45) is 38.7 Å². The summed E-state index contributed by atoms with van der Waals surface area (Å²) in [5, 5.41) is 31.7. The van der Waals surface area contributed by atoms with Crippen molar-refractivity contribution in [2.45, 2.75) is 120 Å². The number of rotatable bonds is 18. The van der Waals surface area contributed by atoms with E-state index in [2.05, 4.69) is 67.5 Å². The zero-order valence-corrected chi connectivity index (χ0v) is 43.6. The second-order valence-electron chi connectivity index (χ2n) is 18.8. The van der Waals surface area contributed by atoms with Gasteiger partial charge >= 0.3 is 0 Å². The fraction of sp³-hybridized carbons (Fsp3) is 0.431. The standard InChI is InChI=1S/C51H69N19O9/c1-28(71)64-36(9-5-19-60-50(54)55)44(74)66-37-10-4-18-59-42(72)17-16-35(43(53)73)65-48(78)40(22-31-25-62-34-8-3-2-7-33(31)34)69-45(75)38(11-6-20-61-51(56)57)67-47(77)39(21-29-12-14-30(24-52)15-13-29)68-49(79)41(70-46(37)76)23-32-26-58-27-63-32/h2-3,7-8,12-15,25-27,35-41,62H,4-6,9-11,16-23H2,1H3,(H2,53,73)(H,58,63)(H,59,72)(H,64,71)(H,65,78)(H,66,74)(H,67,77)(H,68,79)(H,69,75)(H,70,76)(H4,54,55,60)(H4,56,57,61)/t35-,36+,37-,38-,39+,40-,41-/m0/s1. The molecule has 28 nitrogen and oxygen atoms in total. The van der Waals surface area contributed by atoms with Crippen LogP contribution in [0, 0.1) is 11.3 Å². The number of aromatic nitrogens is 3. The Hall–Kier alpha value is -9.55. The zero-order valence-electron chi connectivity index (χ0n) is 43.6. The Bertz CT molecular complexity index is 2870. The molecule has 2 aromatic carbocycles. The quantitative estimate of drug-likeness (QED) is 0.0261. The van der Waals surface area contributed by atoms with E-state index in [4.69, 9.17) is 28.7 Å². The van der Waals surface area contributed by atoms with Gasteiger partial charge in [0.1, 0.15) is 42.3 Å². The molecule has 422 valence electrons. The first-order valence-corrected chi connectivity index (χ1v) is 25.6. The lowest BCUT2D eigenvalue weighted by Gasteiger charge is -2.28. The minimum atomic E-state index is -1.49. The van der Waals surface area contributed by atoms with Crippen molar-refractivity contribution in [3.63, 3.8) is 0 Å². The summed E-state index contributed by atoms with van der Waals surface area (Å²) in [4.78, 5) is 143. The number of nitrogens with two attached hydrogens (primary N) is 5. The molecule has 1 aliphatic rings. The molecule has 7 atom stereocenters. The SMILES string of the molecule is CC(=O)N[C@H](CCCN=C(N)N)C(=O)N[C@H]1CCCNC(=O)CC[C@@H](C(N)=O)NC(=O)[C@H](Cc2c[nH]c3ccccc23)NC(=O)[C@H](CCCN=C(N)N)NC(=O)[C@@H](Cc2ccc(C#N)cc2)NC(=O)[C@H](Cc2cnc[nH]2)NC1=O. The molecule has 3 heterocycles. The maximum Gasteiger partial charge on any atom is 0.243 e. The van der Waals surface area contributed by atoms with Crippen molar-refractivity contribution in [1.29, 1.82) is 5.26 Å². The molecule has 0 radical (unpaired) electrons. The van der Waals surface area contributed by atoms with Gasteiger partial charge in [0, 0.05) is 81.2 Å². The van der Waals surface area contributed by atoms with Crippen molar-refractivity contribution < 1.29 is 43.2 Å². The average Bonchev–Trinajstić information content (AvgIpc) is 4.15. The van der Waals surface area contributed by atoms with E-state index in [0.717, 1.165) is 10.9 Å². The van der Waals surface area contributed by atoms with Crippen LogP contribution < -0.4 is 71.2 Å². The van der Waals surface area contributed by atoms with Gasteiger partial charge in [0.15, 0.2) is 11.9 Å². The molecule has 0 bridgehead atoms. The third-order valence-electron chi connectivity index (χ3n) is 12.7. The number of imidazole rings is 1. The summed E-state index contributed by atoms with van der Waals surface area (Å²) in [5.74, 6) is -7.63. The van der Waals surface area contributed by atoms with Crippen LogP contribution in [0.25, 0.3) is 10.9 Å². The van der Waals surface area contributed by atoms with Crippen LogP contribution in [0.15, 0.2) is 77.2 Å². The molecule has 9 amide bonds. The van der Waals surface area contributed by atoms with Gasteiger partial charge in [0.2, 0.25) is 53.2 Å². The lowest BCUT2D eigenvalue weighted by molar-refractivity contribution is -0.135. The lowest BCUT2D eigenvalue weighted by atomic mass is 10.0. The number of benzene rings is 2. The molecule has 5 rings (SSSR count). The van der Waals surface area contributed by atoms with E-state index in [1.807, 2.05) is 24.3 Å². The first-order chi connectivity index (χ1) is 37.8. The number of hydrogen-bond acceptors (Lipinski definition) is 13. The predicted molar refractivity (Wildman–Crippen MR) is 289 cm³/mol. The Kier molecular flexibility index (Phi) is 23.1. The largest absolute Gasteiger partial charge is 0.370 e. The van der Waals surface area contributed by atoms with E-state index in [1.165, 1.54) is 31.6 Å². The number of H-pyrrole nitrogens is 2. The Morgan fingerprint density at radius 1 is 0.747 bits per heavy atom. The molecule has 20 N–H and O–H groups in total. The van der Waals surface area contributed by atoms with Gasteiger partial charge in [-0.05, 0) is 74.3 Å². The van der Waals surface area contributed by atoms with E-state index < -0.39 is 95.5 Å². The van der Waals surface area contributed by atoms with Gasteiger partial charge in [-0.25, -0.2) is 4.98 Å². The van der Waals surface area contributed by atoms with Gasteiger partial charge < -0.3 is 81.2 Å². The summed E-state index contributed by atoms with van der Waals surface area (Å²) in [7, 11) is 0. The summed E-state index contributed by atoms with van der Waals surface area (Å²) < 4.78 is 0. The molecule has 1 aliphatic heterocycles. The zero-order chi connectivity index (χ0) is 57.4. The highest BCUT2D eigenvalue weighted by atomic mass is 16.2. The van der Waals surface area contributed by atoms with Gasteiger partial charge in [0.05, 0.1) is 18.0 Å². The normalized spacial score (nSPS) is 20.5. The van der Waals surface area contributed by atoms with Crippen molar-refractivity contribution in [1.82, 2.24) is 57.5 Å². The highest BCUT2D eigenvalue weighted by Gasteiger charge is 2.35. The summed E-state index contributed by atoms with van der Waals surface area (Å²) in [6.45, 7) is 1.28. The molecule has 0 unspecified atom stereocenters. The molecule has 4 aromatic rings. The molecule has 28 heteroatoms. The molecule has 0 aliphatic carbocycles. The monoisotopic (exact) mass is 1090 g/mol. The number of hydrogen-bond donors (Lipinski definition) is 15. The number of para-hydroxylation sites is 1. The van der Waals surface area contributed by atoms with E-state index in [1.54, 1.807) is 24.4 Å². The van der Waals surface area contributed by atoms with Gasteiger partial charge in [-0.1, -0.05) is 30.3 Å². The van der Waals surface area contributed by atoms with Crippen LogP contribution in [0.2, 0.25) is 0 Å². The van der Waals surface area contributed by atoms with Crippen LogP contribution in [0.4, 0.5) is 0 Å². The molecule has 0 saturated carbocycles. The number of primary amides is 1. The molecular weight excluding hydrogens is 1020 g/mol. The van der Waals surface area contributed by atoms with Crippen molar-refractivity contribution in [3.05, 3.63) is 89.6 Å². The predicted octanol–water partition coefficient (Wildman–Crippen LogP) is -3.51. The number of fused-ring (bicyclic) bond motifs is 1. The third-order valence-corrected chi connectivity index (χ3v) is 12.7. The summed E-state index contributed by atoms with van der Waals surface area (Å²) in [6.07, 6.45) is 3.51. The number of nitrogens with one attached hydrogen (secondary N) is 10. The first kappa shape index (κ1) is 60.3. The van der Waals surface area contributed by atoms with Gasteiger partial charge in [0.25, 0.3) is 0 Å². The average molecular weight is 1090 g/mol. The van der Waals surface area contributed by atoms with E-state index in [-0.39, 0.29) is 102 Å². The smallest absolute Gasteiger partial charge is 0.243 e. The van der Waals surface area contributed by atoms with Crippen LogP contribution >= 0.6 is 0 Å². The number of carbonyl (C=O) groups is 9. The number of carbonyl (C=O) groups excluding carboxylic acids is 9. The molecule has 1 saturated heterocycles. The minimum Gasteiger partial charge on any atom is -0.370 e. The van der Waals surface area contributed by atoms with Gasteiger partial charge in [-0.15, -0.1) is 0 Å². The van der Waals surface area contributed by atoms with Crippen LogP contribution in [-0.4, -0.2) is 142 Å². The van der Waals surface area contributed by atoms with Crippen LogP contribution in [0.1, 0.15) is 80.7 Å². The highest BCUT2D eigenvalue weighted by Crippen LogP contribution is 2.20. The summed E-state index contributed by atoms with van der Waals surface area (Å²) in [5.41, 5.74) is 30.3. The van der Waals surface area contributed by atoms with Crippen LogP contribution in [0.5, 0.6) is 0 Å². The molecular formula is C51H69N19O9. The van der Waals surface area contributed by atoms with Crippen LogP contribution in [0.3, 0.4) is 0 Å². The minimum absolute atomic E-state index is 0.0181. The van der Waals surface area contributed by atoms with Gasteiger partial charge in [-0.3, -0.25) is 53.1 Å². The second kappa shape index (κ2) is 30.3. The third kappa shape index (κ3) is 19.8. The fourth-order valence-electron chi connectivity index (χ4n) is 8.59. The molecule has 1 fully saturated rings. The second-order valence-corrected chi connectivity index (χ2v) is 18.8. The summed E-state index contributed by atoms with van der Waals surface area (Å²) in [6, 6.07) is 5.64. The van der Waals surface area contributed by atoms with Crippen molar-refractivity contribution in [2.75, 3.05) is 19.6 Å². The molecule has 0 spiro atoms. The van der Waals surface area contributed by atoms with Crippen molar-refractivity contribution in [3.8, 4) is 6.07 Å². The van der Waals surface area contributed by atoms with E-state index in [9.17, 15) is 48.4 Å². The Morgan fingerprint density at radius 3 is 2.01 bits per heavy atom. The Morgan fingerprint density at radius 2 is 1.37 bits per heavy atom.